The zero-order valence-electron chi connectivity index (χ0n) is 11.0. The molecule has 0 radical (unpaired) electrons. The Morgan fingerprint density at radius 3 is 2.74 bits per heavy atom. The molecule has 2 rings (SSSR count). The van der Waals surface area contributed by atoms with Crippen LogP contribution in [0.25, 0.3) is 5.69 Å². The highest BCUT2D eigenvalue weighted by Crippen LogP contribution is 2.18. The number of aryl methyl sites for hydroxylation is 2. The first-order valence-corrected chi connectivity index (χ1v) is 5.79. The molecule has 6 heteroatoms. The summed E-state index contributed by atoms with van der Waals surface area (Å²) in [7, 11) is 1.50. The van der Waals surface area contributed by atoms with Crippen LogP contribution in [-0.2, 0) is 11.3 Å². The van der Waals surface area contributed by atoms with Gasteiger partial charge < -0.3 is 9.84 Å². The molecule has 0 aliphatic rings. The van der Waals surface area contributed by atoms with Crippen LogP contribution >= 0.6 is 0 Å². The van der Waals surface area contributed by atoms with Crippen molar-refractivity contribution in [3.05, 3.63) is 40.7 Å². The molecule has 0 fully saturated rings. The van der Waals surface area contributed by atoms with Crippen LogP contribution in [0.15, 0.2) is 18.2 Å². The molecule has 19 heavy (non-hydrogen) atoms. The summed E-state index contributed by atoms with van der Waals surface area (Å²) in [5.74, 6) is -1.11. The molecule has 0 saturated heterocycles. The number of methoxy groups -OCH3 is 1. The van der Waals surface area contributed by atoms with E-state index in [4.69, 9.17) is 9.84 Å². The summed E-state index contributed by atoms with van der Waals surface area (Å²) >= 11 is 0. The van der Waals surface area contributed by atoms with E-state index in [2.05, 4.69) is 10.3 Å². The third-order valence-corrected chi connectivity index (χ3v) is 2.83. The van der Waals surface area contributed by atoms with E-state index in [0.29, 0.717) is 5.69 Å². The van der Waals surface area contributed by atoms with Crippen molar-refractivity contribution >= 4 is 5.97 Å². The lowest BCUT2D eigenvalue weighted by Crippen LogP contribution is -2.09. The molecule has 1 N–H and O–H groups in total. The molecule has 100 valence electrons. The molecule has 1 aromatic heterocycles. The number of benzene rings is 1. The molecule has 1 heterocycles. The van der Waals surface area contributed by atoms with Gasteiger partial charge in [0.05, 0.1) is 12.3 Å². The molecular formula is C13H15N3O3. The van der Waals surface area contributed by atoms with Gasteiger partial charge in [-0.25, -0.2) is 9.48 Å². The second-order valence-electron chi connectivity index (χ2n) is 4.32. The van der Waals surface area contributed by atoms with Crippen molar-refractivity contribution < 1.29 is 14.6 Å². The van der Waals surface area contributed by atoms with Gasteiger partial charge in [0.2, 0.25) is 0 Å². The van der Waals surface area contributed by atoms with E-state index in [9.17, 15) is 4.79 Å². The monoisotopic (exact) mass is 261 g/mol. The predicted molar refractivity (Wildman–Crippen MR) is 68.5 cm³/mol. The SMILES string of the molecule is COCc1c(C(=O)O)nnn1-c1ccc(C)cc1C. The van der Waals surface area contributed by atoms with Crippen LogP contribution in [-0.4, -0.2) is 33.2 Å². The second-order valence-corrected chi connectivity index (χ2v) is 4.32. The van der Waals surface area contributed by atoms with Gasteiger partial charge in [0, 0.05) is 7.11 Å². The Morgan fingerprint density at radius 1 is 1.42 bits per heavy atom. The highest BCUT2D eigenvalue weighted by Gasteiger charge is 2.20. The predicted octanol–water partition coefficient (Wildman–Crippen LogP) is 1.73. The average Bonchev–Trinajstić information content (AvgIpc) is 2.73. The highest BCUT2D eigenvalue weighted by molar-refractivity contribution is 5.86. The van der Waals surface area contributed by atoms with Crippen LogP contribution in [0.4, 0.5) is 0 Å². The Hall–Kier alpha value is -2.21. The molecule has 1 aromatic carbocycles. The van der Waals surface area contributed by atoms with Gasteiger partial charge in [0.25, 0.3) is 0 Å². The van der Waals surface area contributed by atoms with Gasteiger partial charge in [0.15, 0.2) is 5.69 Å². The Kier molecular flexibility index (Phi) is 3.62. The number of hydrogen-bond acceptors (Lipinski definition) is 4. The van der Waals surface area contributed by atoms with Crippen LogP contribution in [0.2, 0.25) is 0 Å². The van der Waals surface area contributed by atoms with E-state index in [1.54, 1.807) is 0 Å². The van der Waals surface area contributed by atoms with Gasteiger partial charge in [-0.15, -0.1) is 5.10 Å². The van der Waals surface area contributed by atoms with Gasteiger partial charge in [-0.2, -0.15) is 0 Å². The maximum atomic E-state index is 11.1. The molecule has 0 atom stereocenters. The van der Waals surface area contributed by atoms with E-state index in [0.717, 1.165) is 16.8 Å². The van der Waals surface area contributed by atoms with Gasteiger partial charge in [-0.1, -0.05) is 22.9 Å². The van der Waals surface area contributed by atoms with E-state index in [1.807, 2.05) is 32.0 Å². The normalized spacial score (nSPS) is 10.7. The molecule has 2 aromatic rings. The minimum Gasteiger partial charge on any atom is -0.476 e. The van der Waals surface area contributed by atoms with Crippen LogP contribution in [0.5, 0.6) is 0 Å². The fourth-order valence-electron chi connectivity index (χ4n) is 1.97. The standard InChI is InChI=1S/C13H15N3O3/c1-8-4-5-10(9(2)6-8)16-11(7-19-3)12(13(17)18)14-15-16/h4-6H,7H2,1-3H3,(H,17,18). The van der Waals surface area contributed by atoms with Crippen molar-refractivity contribution in [3.8, 4) is 5.69 Å². The van der Waals surface area contributed by atoms with Crippen molar-refractivity contribution in [1.82, 2.24) is 15.0 Å². The number of carboxylic acid groups (broad SMARTS) is 1. The smallest absolute Gasteiger partial charge is 0.358 e. The Balaban J connectivity index is 2.58. The molecular weight excluding hydrogens is 246 g/mol. The number of rotatable bonds is 4. The number of carboxylic acids is 1. The molecule has 0 spiro atoms. The Bertz CT molecular complexity index is 620. The largest absolute Gasteiger partial charge is 0.476 e. The first-order chi connectivity index (χ1) is 9.04. The molecule has 6 nitrogen and oxygen atoms in total. The number of nitrogens with zero attached hydrogens (tertiary/aromatic N) is 3. The van der Waals surface area contributed by atoms with E-state index >= 15 is 0 Å². The third-order valence-electron chi connectivity index (χ3n) is 2.83. The topological polar surface area (TPSA) is 77.2 Å². The molecule has 0 aliphatic heterocycles. The average molecular weight is 261 g/mol. The van der Waals surface area contributed by atoms with Crippen molar-refractivity contribution in [2.24, 2.45) is 0 Å². The molecule has 0 aliphatic carbocycles. The van der Waals surface area contributed by atoms with Gasteiger partial charge in [-0.3, -0.25) is 0 Å². The van der Waals surface area contributed by atoms with E-state index < -0.39 is 5.97 Å². The van der Waals surface area contributed by atoms with Crippen LogP contribution < -0.4 is 0 Å². The number of hydrogen-bond donors (Lipinski definition) is 1. The summed E-state index contributed by atoms with van der Waals surface area (Å²) in [6.45, 7) is 4.08. The minimum atomic E-state index is -1.11. The lowest BCUT2D eigenvalue weighted by Gasteiger charge is -2.09. The summed E-state index contributed by atoms with van der Waals surface area (Å²) in [6, 6.07) is 5.85. The molecule has 0 saturated carbocycles. The van der Waals surface area contributed by atoms with Crippen molar-refractivity contribution in [3.63, 3.8) is 0 Å². The second kappa shape index (κ2) is 5.19. The quantitative estimate of drug-likeness (QED) is 0.906. The number of ether oxygens (including phenoxy) is 1. The van der Waals surface area contributed by atoms with Gasteiger partial charge >= 0.3 is 5.97 Å². The summed E-state index contributed by atoms with van der Waals surface area (Å²) in [5.41, 5.74) is 3.29. The first kappa shape index (κ1) is 13.2. The van der Waals surface area contributed by atoms with Crippen LogP contribution in [0, 0.1) is 13.8 Å². The summed E-state index contributed by atoms with van der Waals surface area (Å²) < 4.78 is 6.55. The van der Waals surface area contributed by atoms with Crippen molar-refractivity contribution in [2.75, 3.05) is 7.11 Å². The fraction of sp³-hybridized carbons (Fsp3) is 0.308. The highest BCUT2D eigenvalue weighted by atomic mass is 16.5. The number of carbonyl (C=O) groups is 1. The maximum absolute atomic E-state index is 11.1. The summed E-state index contributed by atoms with van der Waals surface area (Å²) in [4.78, 5) is 11.1. The third kappa shape index (κ3) is 2.48. The van der Waals surface area contributed by atoms with Crippen LogP contribution in [0.3, 0.4) is 0 Å². The van der Waals surface area contributed by atoms with Crippen molar-refractivity contribution in [2.45, 2.75) is 20.5 Å². The summed E-state index contributed by atoms with van der Waals surface area (Å²) in [6.07, 6.45) is 0. The van der Waals surface area contributed by atoms with Crippen LogP contribution in [0.1, 0.15) is 27.3 Å². The summed E-state index contributed by atoms with van der Waals surface area (Å²) in [5, 5.41) is 16.7. The Labute approximate surface area is 110 Å². The zero-order valence-corrected chi connectivity index (χ0v) is 11.0. The molecule has 0 unspecified atom stereocenters. The minimum absolute atomic E-state index is 0.0816. The molecule has 0 bridgehead atoms. The lowest BCUT2D eigenvalue weighted by molar-refractivity contribution is 0.0685. The van der Waals surface area contributed by atoms with Gasteiger partial charge in [-0.05, 0) is 25.5 Å². The number of aromatic nitrogens is 3. The fourth-order valence-corrected chi connectivity index (χ4v) is 1.97. The first-order valence-electron chi connectivity index (χ1n) is 5.79. The van der Waals surface area contributed by atoms with Gasteiger partial charge in [0.1, 0.15) is 5.69 Å². The van der Waals surface area contributed by atoms with E-state index in [-0.39, 0.29) is 12.3 Å². The lowest BCUT2D eigenvalue weighted by atomic mass is 10.1. The zero-order chi connectivity index (χ0) is 14.0. The molecule has 0 amide bonds. The van der Waals surface area contributed by atoms with Crippen molar-refractivity contribution in [1.29, 1.82) is 0 Å². The number of aromatic carboxylic acids is 1. The Morgan fingerprint density at radius 2 is 2.16 bits per heavy atom. The van der Waals surface area contributed by atoms with E-state index in [1.165, 1.54) is 11.8 Å². The maximum Gasteiger partial charge on any atom is 0.358 e.